The molecule has 0 aliphatic rings. The van der Waals surface area contributed by atoms with Crippen LogP contribution in [0.4, 0.5) is 0 Å². The van der Waals surface area contributed by atoms with Crippen LogP contribution in [0.5, 0.6) is 0 Å². The molecule has 1 aromatic carbocycles. The Hall–Kier alpha value is -1.68. The molecule has 2 aromatic rings. The van der Waals surface area contributed by atoms with Crippen LogP contribution in [0.2, 0.25) is 0 Å². The monoisotopic (exact) mass is 288 g/mol. The highest BCUT2D eigenvalue weighted by Crippen LogP contribution is 2.24. The summed E-state index contributed by atoms with van der Waals surface area (Å²) in [4.78, 5) is 17.0. The summed E-state index contributed by atoms with van der Waals surface area (Å²) in [6.07, 6.45) is 3.82. The van der Waals surface area contributed by atoms with E-state index in [2.05, 4.69) is 24.1 Å². The zero-order valence-electron chi connectivity index (χ0n) is 11.9. The van der Waals surface area contributed by atoms with E-state index in [1.165, 1.54) is 11.3 Å². The van der Waals surface area contributed by atoms with Crippen LogP contribution in [0.3, 0.4) is 0 Å². The Morgan fingerprint density at radius 3 is 2.75 bits per heavy atom. The normalized spacial score (nSPS) is 10.8. The number of thiazole rings is 1. The quantitative estimate of drug-likeness (QED) is 0.817. The van der Waals surface area contributed by atoms with Crippen molar-refractivity contribution in [2.24, 2.45) is 5.92 Å². The van der Waals surface area contributed by atoms with Crippen LogP contribution in [0.15, 0.2) is 36.5 Å². The lowest BCUT2D eigenvalue weighted by Crippen LogP contribution is -2.23. The van der Waals surface area contributed by atoms with E-state index in [1.54, 1.807) is 6.20 Å². The fourth-order valence-electron chi connectivity index (χ4n) is 1.89. The first-order valence-electron chi connectivity index (χ1n) is 6.96. The van der Waals surface area contributed by atoms with Crippen molar-refractivity contribution >= 4 is 17.2 Å². The maximum absolute atomic E-state index is 12.0. The molecular weight excluding hydrogens is 268 g/mol. The predicted octanol–water partition coefficient (Wildman–Crippen LogP) is 3.98. The van der Waals surface area contributed by atoms with Crippen LogP contribution in [0, 0.1) is 5.92 Å². The highest BCUT2D eigenvalue weighted by atomic mass is 32.1. The number of carbonyl (C=O) groups is 1. The van der Waals surface area contributed by atoms with Gasteiger partial charge in [-0.1, -0.05) is 44.2 Å². The molecule has 0 spiro atoms. The SMILES string of the molecule is CC(C)CCCNC(=O)c1cnc(-c2ccccc2)s1. The van der Waals surface area contributed by atoms with E-state index in [-0.39, 0.29) is 5.91 Å². The van der Waals surface area contributed by atoms with Crippen LogP contribution in [0.25, 0.3) is 10.6 Å². The molecule has 0 unspecified atom stereocenters. The molecule has 4 heteroatoms. The maximum atomic E-state index is 12.0. The molecule has 0 saturated heterocycles. The van der Waals surface area contributed by atoms with Crippen LogP contribution >= 0.6 is 11.3 Å². The van der Waals surface area contributed by atoms with Gasteiger partial charge in [-0.25, -0.2) is 4.98 Å². The van der Waals surface area contributed by atoms with Gasteiger partial charge in [0.15, 0.2) is 0 Å². The second-order valence-electron chi connectivity index (χ2n) is 5.19. The van der Waals surface area contributed by atoms with E-state index in [9.17, 15) is 4.79 Å². The third-order valence-electron chi connectivity index (χ3n) is 2.99. The molecule has 20 heavy (non-hydrogen) atoms. The summed E-state index contributed by atoms with van der Waals surface area (Å²) in [7, 11) is 0. The van der Waals surface area contributed by atoms with Gasteiger partial charge in [-0.2, -0.15) is 0 Å². The van der Waals surface area contributed by atoms with Crippen LogP contribution < -0.4 is 5.32 Å². The van der Waals surface area contributed by atoms with Gasteiger partial charge in [-0.05, 0) is 18.8 Å². The van der Waals surface area contributed by atoms with Crippen LogP contribution in [-0.2, 0) is 0 Å². The lowest BCUT2D eigenvalue weighted by molar-refractivity contribution is 0.0956. The molecule has 1 heterocycles. The van der Waals surface area contributed by atoms with Crippen molar-refractivity contribution in [3.05, 3.63) is 41.4 Å². The Bertz CT molecular complexity index is 549. The fourth-order valence-corrected chi connectivity index (χ4v) is 2.73. The molecule has 3 nitrogen and oxygen atoms in total. The number of hydrogen-bond acceptors (Lipinski definition) is 3. The van der Waals surface area contributed by atoms with Gasteiger partial charge in [0.1, 0.15) is 9.88 Å². The van der Waals surface area contributed by atoms with Gasteiger partial charge < -0.3 is 5.32 Å². The average molecular weight is 288 g/mol. The van der Waals surface area contributed by atoms with Crippen molar-refractivity contribution in [1.82, 2.24) is 10.3 Å². The summed E-state index contributed by atoms with van der Waals surface area (Å²) in [6, 6.07) is 9.93. The number of aromatic nitrogens is 1. The van der Waals surface area contributed by atoms with Gasteiger partial charge >= 0.3 is 0 Å². The zero-order chi connectivity index (χ0) is 14.4. The first kappa shape index (κ1) is 14.7. The topological polar surface area (TPSA) is 42.0 Å². The number of benzene rings is 1. The van der Waals surface area contributed by atoms with Crippen molar-refractivity contribution in [2.75, 3.05) is 6.54 Å². The molecular formula is C16H20N2OS. The predicted molar refractivity (Wildman–Crippen MR) is 84.0 cm³/mol. The molecule has 2 rings (SSSR count). The smallest absolute Gasteiger partial charge is 0.263 e. The number of nitrogens with one attached hydrogen (secondary N) is 1. The van der Waals surface area contributed by atoms with Crippen molar-refractivity contribution < 1.29 is 4.79 Å². The lowest BCUT2D eigenvalue weighted by Gasteiger charge is -2.05. The molecule has 0 bridgehead atoms. The molecule has 0 aliphatic carbocycles. The summed E-state index contributed by atoms with van der Waals surface area (Å²) in [5.74, 6) is 0.661. The minimum atomic E-state index is -0.0200. The summed E-state index contributed by atoms with van der Waals surface area (Å²) >= 11 is 1.44. The van der Waals surface area contributed by atoms with Crippen LogP contribution in [0.1, 0.15) is 36.4 Å². The van der Waals surface area contributed by atoms with Crippen LogP contribution in [-0.4, -0.2) is 17.4 Å². The van der Waals surface area contributed by atoms with Gasteiger partial charge in [0.25, 0.3) is 5.91 Å². The summed E-state index contributed by atoms with van der Waals surface area (Å²) in [6.45, 7) is 5.11. The number of rotatable bonds is 6. The Morgan fingerprint density at radius 2 is 2.05 bits per heavy atom. The van der Waals surface area contributed by atoms with Crippen molar-refractivity contribution in [3.63, 3.8) is 0 Å². The maximum Gasteiger partial charge on any atom is 0.263 e. The molecule has 106 valence electrons. The Balaban J connectivity index is 1.90. The Kier molecular flexibility index (Phi) is 5.30. The Morgan fingerprint density at radius 1 is 1.30 bits per heavy atom. The second kappa shape index (κ2) is 7.20. The van der Waals surface area contributed by atoms with E-state index >= 15 is 0 Å². The summed E-state index contributed by atoms with van der Waals surface area (Å²) in [5.41, 5.74) is 1.05. The van der Waals surface area contributed by atoms with E-state index in [4.69, 9.17) is 0 Å². The minimum Gasteiger partial charge on any atom is -0.351 e. The van der Waals surface area contributed by atoms with E-state index < -0.39 is 0 Å². The van der Waals surface area contributed by atoms with E-state index in [0.717, 1.165) is 30.0 Å². The van der Waals surface area contributed by atoms with Gasteiger partial charge in [-0.3, -0.25) is 4.79 Å². The molecule has 1 N–H and O–H groups in total. The minimum absolute atomic E-state index is 0.0200. The fraction of sp³-hybridized carbons (Fsp3) is 0.375. The molecule has 0 fully saturated rings. The summed E-state index contributed by atoms with van der Waals surface area (Å²) in [5, 5.41) is 3.84. The molecule has 0 radical (unpaired) electrons. The third-order valence-corrected chi connectivity index (χ3v) is 4.04. The third kappa shape index (κ3) is 4.17. The molecule has 1 amide bonds. The first-order chi connectivity index (χ1) is 9.66. The largest absolute Gasteiger partial charge is 0.351 e. The summed E-state index contributed by atoms with van der Waals surface area (Å²) < 4.78 is 0. The van der Waals surface area contributed by atoms with Gasteiger partial charge in [-0.15, -0.1) is 11.3 Å². The number of amides is 1. The number of hydrogen-bond donors (Lipinski definition) is 1. The lowest BCUT2D eigenvalue weighted by atomic mass is 10.1. The van der Waals surface area contributed by atoms with Gasteiger partial charge in [0.05, 0.1) is 6.20 Å². The standard InChI is InChI=1S/C16H20N2OS/c1-12(2)7-6-10-17-15(19)14-11-18-16(20-14)13-8-4-3-5-9-13/h3-5,8-9,11-12H,6-7,10H2,1-2H3,(H,17,19). The average Bonchev–Trinajstić information content (AvgIpc) is 2.94. The van der Waals surface area contributed by atoms with Gasteiger partial charge in [0.2, 0.25) is 0 Å². The van der Waals surface area contributed by atoms with Crippen molar-refractivity contribution in [2.45, 2.75) is 26.7 Å². The molecule has 1 aromatic heterocycles. The van der Waals surface area contributed by atoms with Crippen molar-refractivity contribution in [3.8, 4) is 10.6 Å². The zero-order valence-corrected chi connectivity index (χ0v) is 12.7. The number of nitrogens with zero attached hydrogens (tertiary/aromatic N) is 1. The van der Waals surface area contributed by atoms with Crippen molar-refractivity contribution in [1.29, 1.82) is 0 Å². The highest BCUT2D eigenvalue weighted by Gasteiger charge is 2.10. The molecule has 0 saturated carbocycles. The second-order valence-corrected chi connectivity index (χ2v) is 6.22. The van der Waals surface area contributed by atoms with E-state index in [1.807, 2.05) is 30.3 Å². The Labute approximate surface area is 124 Å². The first-order valence-corrected chi connectivity index (χ1v) is 7.78. The van der Waals surface area contributed by atoms with Gasteiger partial charge in [0, 0.05) is 12.1 Å². The molecule has 0 aliphatic heterocycles. The molecule has 0 atom stereocenters. The highest BCUT2D eigenvalue weighted by molar-refractivity contribution is 7.16. The van der Waals surface area contributed by atoms with E-state index in [0.29, 0.717) is 10.8 Å². The number of carbonyl (C=O) groups excluding carboxylic acids is 1.